The Labute approximate surface area is 78.0 Å². The number of cyclic esters (lactones) is 1. The first-order valence-electron chi connectivity index (χ1n) is 4.57. The second-order valence-electron chi connectivity index (χ2n) is 2.88. The Morgan fingerprint density at radius 3 is 3.00 bits per heavy atom. The number of carbonyl (C=O) groups is 1. The number of nitrogens with one attached hydrogen (secondary N) is 2. The van der Waals surface area contributed by atoms with Crippen LogP contribution in [0.1, 0.15) is 32.1 Å². The van der Waals surface area contributed by atoms with Crippen molar-refractivity contribution in [2.24, 2.45) is 0 Å². The van der Waals surface area contributed by atoms with Gasteiger partial charge in [0, 0.05) is 13.0 Å². The van der Waals surface area contributed by atoms with Crippen molar-refractivity contribution < 1.29 is 9.53 Å². The first-order chi connectivity index (χ1) is 6.39. The minimum Gasteiger partial charge on any atom is -0.355 e. The average Bonchev–Trinajstić information content (AvgIpc) is 2.11. The first-order valence-corrected chi connectivity index (χ1v) is 4.57. The third-order valence-electron chi connectivity index (χ3n) is 1.76. The SMILES string of the molecule is O=C1NNCCCCCCC#CO1. The molecular formula is C9H14N2O2. The molecule has 0 radical (unpaired) electrons. The molecule has 0 fully saturated rings. The zero-order valence-corrected chi connectivity index (χ0v) is 7.56. The van der Waals surface area contributed by atoms with E-state index in [0.717, 1.165) is 25.8 Å². The molecule has 1 amide bonds. The van der Waals surface area contributed by atoms with Crippen molar-refractivity contribution in [2.75, 3.05) is 6.54 Å². The molecule has 0 saturated carbocycles. The fraction of sp³-hybridized carbons (Fsp3) is 0.667. The third kappa shape index (κ3) is 5.10. The molecule has 4 nitrogen and oxygen atoms in total. The molecule has 0 atom stereocenters. The van der Waals surface area contributed by atoms with E-state index in [2.05, 4.69) is 27.6 Å². The van der Waals surface area contributed by atoms with Gasteiger partial charge >= 0.3 is 6.09 Å². The van der Waals surface area contributed by atoms with E-state index in [0.29, 0.717) is 0 Å². The Morgan fingerprint density at radius 1 is 1.23 bits per heavy atom. The highest BCUT2D eigenvalue weighted by Gasteiger charge is 1.98. The molecule has 0 aromatic rings. The van der Waals surface area contributed by atoms with Crippen molar-refractivity contribution in [3.63, 3.8) is 0 Å². The predicted octanol–water partition coefficient (Wildman–Crippen LogP) is 1.14. The summed E-state index contributed by atoms with van der Waals surface area (Å²) in [5.74, 6) is 2.77. The molecule has 0 aliphatic carbocycles. The molecule has 0 saturated heterocycles. The second-order valence-corrected chi connectivity index (χ2v) is 2.88. The fourth-order valence-electron chi connectivity index (χ4n) is 1.07. The minimum atomic E-state index is -0.534. The van der Waals surface area contributed by atoms with Crippen LogP contribution in [0.4, 0.5) is 4.79 Å². The Hall–Kier alpha value is -1.21. The summed E-state index contributed by atoms with van der Waals surface area (Å²) in [5, 5.41) is 0. The maximum Gasteiger partial charge on any atom is 0.435 e. The van der Waals surface area contributed by atoms with E-state index in [1.165, 1.54) is 12.8 Å². The van der Waals surface area contributed by atoms with Crippen molar-refractivity contribution in [3.05, 3.63) is 0 Å². The van der Waals surface area contributed by atoms with Gasteiger partial charge in [-0.05, 0) is 12.8 Å². The molecule has 1 heterocycles. The minimum absolute atomic E-state index is 0.534. The molecule has 72 valence electrons. The summed E-state index contributed by atoms with van der Waals surface area (Å²) >= 11 is 0. The number of carbonyl (C=O) groups excluding carboxylic acids is 1. The number of amides is 1. The topological polar surface area (TPSA) is 50.4 Å². The van der Waals surface area contributed by atoms with Crippen molar-refractivity contribution in [1.82, 2.24) is 10.9 Å². The quantitative estimate of drug-likeness (QED) is 0.552. The molecule has 1 aliphatic rings. The van der Waals surface area contributed by atoms with Gasteiger partial charge in [0.15, 0.2) is 0 Å². The van der Waals surface area contributed by atoms with Crippen LogP contribution in [0.5, 0.6) is 0 Å². The standard InChI is InChI=1S/C9H14N2O2/c12-9-11-10-7-5-3-1-2-4-6-8-13-9/h10H,1-5,7H2,(H,11,12). The van der Waals surface area contributed by atoms with Gasteiger partial charge in [-0.2, -0.15) is 0 Å². The molecule has 2 N–H and O–H groups in total. The van der Waals surface area contributed by atoms with Crippen molar-refractivity contribution in [1.29, 1.82) is 0 Å². The average molecular weight is 182 g/mol. The summed E-state index contributed by atoms with van der Waals surface area (Å²) < 4.78 is 4.54. The van der Waals surface area contributed by atoms with Crippen LogP contribution in [0.25, 0.3) is 0 Å². The summed E-state index contributed by atoms with van der Waals surface area (Å²) in [6.45, 7) is 0.780. The molecular weight excluding hydrogens is 168 g/mol. The highest BCUT2D eigenvalue weighted by Crippen LogP contribution is 2.01. The van der Waals surface area contributed by atoms with Gasteiger partial charge in [-0.3, -0.25) is 5.43 Å². The number of hydrazine groups is 1. The monoisotopic (exact) mass is 182 g/mol. The fourth-order valence-corrected chi connectivity index (χ4v) is 1.07. The number of ether oxygens (including phenoxy) is 1. The Kier molecular flexibility index (Phi) is 4.80. The van der Waals surface area contributed by atoms with E-state index in [4.69, 9.17) is 0 Å². The Bertz CT molecular complexity index is 217. The van der Waals surface area contributed by atoms with Crippen LogP contribution >= 0.6 is 0 Å². The highest BCUT2D eigenvalue weighted by molar-refractivity contribution is 5.67. The smallest absolute Gasteiger partial charge is 0.355 e. The number of hydrogen-bond acceptors (Lipinski definition) is 3. The van der Waals surface area contributed by atoms with E-state index in [9.17, 15) is 4.79 Å². The van der Waals surface area contributed by atoms with Crippen molar-refractivity contribution in [3.8, 4) is 12.0 Å². The highest BCUT2D eigenvalue weighted by atomic mass is 16.5. The van der Waals surface area contributed by atoms with E-state index in [1.54, 1.807) is 0 Å². The number of rotatable bonds is 0. The molecule has 0 bridgehead atoms. The molecule has 0 aromatic carbocycles. The molecule has 0 aromatic heterocycles. The molecule has 4 heteroatoms. The first kappa shape index (κ1) is 9.87. The van der Waals surface area contributed by atoms with Gasteiger partial charge < -0.3 is 4.74 Å². The van der Waals surface area contributed by atoms with Crippen LogP contribution in [0.2, 0.25) is 0 Å². The summed E-state index contributed by atoms with van der Waals surface area (Å²) in [6.07, 6.45) is 7.12. The van der Waals surface area contributed by atoms with Crippen LogP contribution in [-0.2, 0) is 4.74 Å². The lowest BCUT2D eigenvalue weighted by Crippen LogP contribution is -2.37. The van der Waals surface area contributed by atoms with Gasteiger partial charge in [0.2, 0.25) is 0 Å². The lowest BCUT2D eigenvalue weighted by Gasteiger charge is -2.05. The molecule has 0 unspecified atom stereocenters. The molecule has 1 aliphatic heterocycles. The van der Waals surface area contributed by atoms with E-state index in [-0.39, 0.29) is 0 Å². The maximum absolute atomic E-state index is 10.8. The zero-order chi connectivity index (χ0) is 9.36. The normalized spacial score (nSPS) is 19.5. The second kappa shape index (κ2) is 6.32. The largest absolute Gasteiger partial charge is 0.435 e. The third-order valence-corrected chi connectivity index (χ3v) is 1.76. The lowest BCUT2D eigenvalue weighted by molar-refractivity contribution is 0.186. The molecule has 1 rings (SSSR count). The van der Waals surface area contributed by atoms with Crippen molar-refractivity contribution >= 4 is 6.09 Å². The van der Waals surface area contributed by atoms with Gasteiger partial charge in [0.1, 0.15) is 6.11 Å². The van der Waals surface area contributed by atoms with Gasteiger partial charge in [-0.25, -0.2) is 10.2 Å². The van der Waals surface area contributed by atoms with Gasteiger partial charge in [-0.15, -0.1) is 0 Å². The van der Waals surface area contributed by atoms with Crippen LogP contribution in [0, 0.1) is 12.0 Å². The van der Waals surface area contributed by atoms with Crippen LogP contribution in [0.15, 0.2) is 0 Å². The van der Waals surface area contributed by atoms with Gasteiger partial charge in [0.05, 0.1) is 0 Å². The summed E-state index contributed by atoms with van der Waals surface area (Å²) in [6, 6.07) is 0. The van der Waals surface area contributed by atoms with Crippen molar-refractivity contribution in [2.45, 2.75) is 32.1 Å². The van der Waals surface area contributed by atoms with Gasteiger partial charge in [-0.1, -0.05) is 18.8 Å². The zero-order valence-electron chi connectivity index (χ0n) is 7.56. The van der Waals surface area contributed by atoms with E-state index >= 15 is 0 Å². The summed E-state index contributed by atoms with van der Waals surface area (Å²) in [4.78, 5) is 10.8. The predicted molar refractivity (Wildman–Crippen MR) is 48.5 cm³/mol. The van der Waals surface area contributed by atoms with Gasteiger partial charge in [0.25, 0.3) is 0 Å². The number of hydrogen-bond donors (Lipinski definition) is 2. The van der Waals surface area contributed by atoms with E-state index < -0.39 is 6.09 Å². The Morgan fingerprint density at radius 2 is 2.08 bits per heavy atom. The lowest BCUT2D eigenvalue weighted by atomic mass is 10.1. The Balaban J connectivity index is 2.30. The van der Waals surface area contributed by atoms with Crippen LogP contribution in [0.3, 0.4) is 0 Å². The van der Waals surface area contributed by atoms with E-state index in [1.807, 2.05) is 0 Å². The maximum atomic E-state index is 10.8. The molecule has 13 heavy (non-hydrogen) atoms. The van der Waals surface area contributed by atoms with Crippen LogP contribution < -0.4 is 10.9 Å². The summed E-state index contributed by atoms with van der Waals surface area (Å²) in [5.41, 5.74) is 5.15. The van der Waals surface area contributed by atoms with Crippen LogP contribution in [-0.4, -0.2) is 12.6 Å². The summed E-state index contributed by atoms with van der Waals surface area (Å²) in [7, 11) is 0. The molecule has 0 spiro atoms.